The summed E-state index contributed by atoms with van der Waals surface area (Å²) in [7, 11) is 3.73. The summed E-state index contributed by atoms with van der Waals surface area (Å²) >= 11 is 0. The van der Waals surface area contributed by atoms with Gasteiger partial charge in [-0.2, -0.15) is 0 Å². The highest BCUT2D eigenvalue weighted by atomic mass is 16.3. The SMILES string of the molecule is CNC(=O)C1CCN(CC(O)CN(C)Cc2ccccc2)CC1. The van der Waals surface area contributed by atoms with E-state index in [1.807, 2.05) is 25.2 Å². The van der Waals surface area contributed by atoms with Gasteiger partial charge in [0.2, 0.25) is 5.91 Å². The Labute approximate surface area is 139 Å². The molecule has 0 bridgehead atoms. The number of aliphatic hydroxyl groups excluding tert-OH is 1. The summed E-state index contributed by atoms with van der Waals surface area (Å²) in [4.78, 5) is 16.0. The maximum absolute atomic E-state index is 11.6. The summed E-state index contributed by atoms with van der Waals surface area (Å²) in [6.45, 7) is 3.95. The number of rotatable bonds is 7. The van der Waals surface area contributed by atoms with E-state index < -0.39 is 0 Å². The number of amides is 1. The van der Waals surface area contributed by atoms with Gasteiger partial charge in [-0.25, -0.2) is 0 Å². The second-order valence-electron chi connectivity index (χ2n) is 6.53. The molecular weight excluding hydrogens is 290 g/mol. The maximum atomic E-state index is 11.6. The lowest BCUT2D eigenvalue weighted by Crippen LogP contribution is -2.44. The van der Waals surface area contributed by atoms with Gasteiger partial charge in [0.15, 0.2) is 0 Å². The van der Waals surface area contributed by atoms with Crippen molar-refractivity contribution in [1.29, 1.82) is 0 Å². The fourth-order valence-corrected chi connectivity index (χ4v) is 3.26. The predicted molar refractivity (Wildman–Crippen MR) is 92.0 cm³/mol. The molecule has 23 heavy (non-hydrogen) atoms. The van der Waals surface area contributed by atoms with Crippen LogP contribution in [-0.4, -0.2) is 67.2 Å². The number of carbonyl (C=O) groups excluding carboxylic acids is 1. The van der Waals surface area contributed by atoms with Crippen LogP contribution in [-0.2, 0) is 11.3 Å². The van der Waals surface area contributed by atoms with Crippen molar-refractivity contribution in [3.05, 3.63) is 35.9 Å². The van der Waals surface area contributed by atoms with E-state index >= 15 is 0 Å². The van der Waals surface area contributed by atoms with E-state index in [4.69, 9.17) is 0 Å². The van der Waals surface area contributed by atoms with Gasteiger partial charge in [-0.05, 0) is 38.5 Å². The molecule has 1 heterocycles. The number of carbonyl (C=O) groups is 1. The zero-order chi connectivity index (χ0) is 16.7. The molecule has 5 heteroatoms. The number of nitrogens with zero attached hydrogens (tertiary/aromatic N) is 2. The van der Waals surface area contributed by atoms with Crippen molar-refractivity contribution in [3.8, 4) is 0 Å². The molecule has 0 saturated carbocycles. The highest BCUT2D eigenvalue weighted by molar-refractivity contribution is 5.78. The van der Waals surface area contributed by atoms with E-state index in [0.29, 0.717) is 13.1 Å². The molecule has 2 N–H and O–H groups in total. The van der Waals surface area contributed by atoms with Crippen molar-refractivity contribution >= 4 is 5.91 Å². The minimum atomic E-state index is -0.361. The van der Waals surface area contributed by atoms with E-state index in [1.165, 1.54) is 5.56 Å². The van der Waals surface area contributed by atoms with Crippen molar-refractivity contribution in [1.82, 2.24) is 15.1 Å². The van der Waals surface area contributed by atoms with Crippen LogP contribution in [0.3, 0.4) is 0 Å². The Morgan fingerprint density at radius 2 is 2.00 bits per heavy atom. The molecule has 1 unspecified atom stereocenters. The summed E-state index contributed by atoms with van der Waals surface area (Å²) in [6, 6.07) is 10.3. The van der Waals surface area contributed by atoms with Crippen molar-refractivity contribution < 1.29 is 9.90 Å². The number of hydrogen-bond donors (Lipinski definition) is 2. The number of benzene rings is 1. The van der Waals surface area contributed by atoms with Crippen LogP contribution >= 0.6 is 0 Å². The van der Waals surface area contributed by atoms with Gasteiger partial charge >= 0.3 is 0 Å². The zero-order valence-electron chi connectivity index (χ0n) is 14.2. The second-order valence-corrected chi connectivity index (χ2v) is 6.53. The topological polar surface area (TPSA) is 55.8 Å². The van der Waals surface area contributed by atoms with Crippen molar-refractivity contribution in [3.63, 3.8) is 0 Å². The third-order valence-corrected chi connectivity index (χ3v) is 4.49. The third kappa shape index (κ3) is 5.94. The first-order valence-electron chi connectivity index (χ1n) is 8.43. The number of β-amino-alcohol motifs (C(OH)–C–C–N with tert-alkyl or cyclic N) is 1. The van der Waals surface area contributed by atoms with Gasteiger partial charge in [-0.3, -0.25) is 9.69 Å². The molecular formula is C18H29N3O2. The van der Waals surface area contributed by atoms with Gasteiger partial charge in [-0.1, -0.05) is 30.3 Å². The lowest BCUT2D eigenvalue weighted by Gasteiger charge is -2.33. The second kappa shape index (κ2) is 9.01. The van der Waals surface area contributed by atoms with Gasteiger partial charge < -0.3 is 15.3 Å². The summed E-state index contributed by atoms with van der Waals surface area (Å²) in [6.07, 6.45) is 1.40. The molecule has 1 aliphatic heterocycles. The first kappa shape index (κ1) is 17.9. The number of aliphatic hydroxyl groups is 1. The molecule has 1 aliphatic rings. The molecule has 128 valence electrons. The highest BCUT2D eigenvalue weighted by Crippen LogP contribution is 2.17. The minimum absolute atomic E-state index is 0.133. The quantitative estimate of drug-likeness (QED) is 0.785. The summed E-state index contributed by atoms with van der Waals surface area (Å²) in [5, 5.41) is 13.0. The van der Waals surface area contributed by atoms with Crippen molar-refractivity contribution in [2.24, 2.45) is 5.92 Å². The number of nitrogens with one attached hydrogen (secondary N) is 1. The van der Waals surface area contributed by atoms with E-state index in [0.717, 1.165) is 32.5 Å². The van der Waals surface area contributed by atoms with E-state index in [2.05, 4.69) is 27.2 Å². The maximum Gasteiger partial charge on any atom is 0.222 e. The normalized spacial score (nSPS) is 18.1. The lowest BCUT2D eigenvalue weighted by molar-refractivity contribution is -0.126. The largest absolute Gasteiger partial charge is 0.390 e. The first-order valence-corrected chi connectivity index (χ1v) is 8.43. The molecule has 1 amide bonds. The number of hydrogen-bond acceptors (Lipinski definition) is 4. The standard InChI is InChI=1S/C18H29N3O2/c1-19-18(23)16-8-10-21(11-9-16)14-17(22)13-20(2)12-15-6-4-3-5-7-15/h3-7,16-17,22H,8-14H2,1-2H3,(H,19,23). The molecule has 5 nitrogen and oxygen atoms in total. The van der Waals surface area contributed by atoms with Gasteiger partial charge in [0.1, 0.15) is 0 Å². The summed E-state index contributed by atoms with van der Waals surface area (Å²) in [5.41, 5.74) is 1.26. The fourth-order valence-electron chi connectivity index (χ4n) is 3.26. The molecule has 1 saturated heterocycles. The Bertz CT molecular complexity index is 472. The van der Waals surface area contributed by atoms with Gasteiger partial charge in [0, 0.05) is 32.6 Å². The Kier molecular flexibility index (Phi) is 7.02. The molecule has 0 aromatic heterocycles. The van der Waals surface area contributed by atoms with Crippen LogP contribution in [0, 0.1) is 5.92 Å². The van der Waals surface area contributed by atoms with Gasteiger partial charge in [-0.15, -0.1) is 0 Å². The van der Waals surface area contributed by atoms with Crippen LogP contribution in [0.5, 0.6) is 0 Å². The van der Waals surface area contributed by atoms with E-state index in [1.54, 1.807) is 7.05 Å². The average molecular weight is 319 g/mol. The number of likely N-dealkylation sites (N-methyl/N-ethyl adjacent to an activating group) is 1. The molecule has 1 aromatic carbocycles. The summed E-state index contributed by atoms with van der Waals surface area (Å²) < 4.78 is 0. The molecule has 1 atom stereocenters. The molecule has 0 radical (unpaired) electrons. The highest BCUT2D eigenvalue weighted by Gasteiger charge is 2.25. The van der Waals surface area contributed by atoms with Crippen LogP contribution in [0.2, 0.25) is 0 Å². The predicted octanol–water partition coefficient (Wildman–Crippen LogP) is 0.937. The van der Waals surface area contributed by atoms with Crippen molar-refractivity contribution in [2.45, 2.75) is 25.5 Å². The average Bonchev–Trinajstić information content (AvgIpc) is 2.55. The van der Waals surface area contributed by atoms with Crippen molar-refractivity contribution in [2.75, 3.05) is 40.3 Å². The Balaban J connectivity index is 1.69. The monoisotopic (exact) mass is 319 g/mol. The fraction of sp³-hybridized carbons (Fsp3) is 0.611. The Hall–Kier alpha value is -1.43. The molecule has 1 aromatic rings. The summed E-state index contributed by atoms with van der Waals surface area (Å²) in [5.74, 6) is 0.280. The Morgan fingerprint density at radius 3 is 2.61 bits per heavy atom. The first-order chi connectivity index (χ1) is 11.1. The smallest absolute Gasteiger partial charge is 0.222 e. The number of likely N-dealkylation sites (tertiary alicyclic amines) is 1. The van der Waals surface area contributed by atoms with Crippen LogP contribution in [0.25, 0.3) is 0 Å². The van der Waals surface area contributed by atoms with Crippen LogP contribution in [0.1, 0.15) is 18.4 Å². The van der Waals surface area contributed by atoms with Crippen LogP contribution < -0.4 is 5.32 Å². The van der Waals surface area contributed by atoms with E-state index in [9.17, 15) is 9.90 Å². The minimum Gasteiger partial charge on any atom is -0.390 e. The molecule has 0 aliphatic carbocycles. The Morgan fingerprint density at radius 1 is 1.35 bits per heavy atom. The van der Waals surface area contributed by atoms with Crippen LogP contribution in [0.4, 0.5) is 0 Å². The molecule has 1 fully saturated rings. The van der Waals surface area contributed by atoms with Crippen LogP contribution in [0.15, 0.2) is 30.3 Å². The zero-order valence-corrected chi connectivity index (χ0v) is 14.2. The molecule has 2 rings (SSSR count). The third-order valence-electron chi connectivity index (χ3n) is 4.49. The lowest BCUT2D eigenvalue weighted by atomic mass is 9.96. The van der Waals surface area contributed by atoms with E-state index in [-0.39, 0.29) is 17.9 Å². The van der Waals surface area contributed by atoms with Gasteiger partial charge in [0.05, 0.1) is 6.10 Å². The molecule has 0 spiro atoms. The van der Waals surface area contributed by atoms with Gasteiger partial charge in [0.25, 0.3) is 0 Å². The number of piperidine rings is 1.